The molecule has 0 saturated carbocycles. The molecule has 7 aromatic rings. The first kappa shape index (κ1) is 20.5. The van der Waals surface area contributed by atoms with Crippen LogP contribution in [0.5, 0.6) is 28.7 Å². The highest BCUT2D eigenvalue weighted by Crippen LogP contribution is 2.42. The summed E-state index contributed by atoms with van der Waals surface area (Å²) >= 11 is 5.36. The fourth-order valence-electron chi connectivity index (χ4n) is 5.77. The summed E-state index contributed by atoms with van der Waals surface area (Å²) in [5.41, 5.74) is -45.6. The molecule has 0 unspecified atom stereocenters. The molecule has 0 saturated heterocycles. The van der Waals surface area contributed by atoms with Crippen LogP contribution in [0.1, 0.15) is 371 Å². The largest absolute Gasteiger partial charge is 0.513 e. The maximum Gasteiger partial charge on any atom is 0.513 e. The highest BCUT2D eigenvalue weighted by Gasteiger charge is 2.31. The number of hydrogen-bond donors (Lipinski definition) is 7. The number of aromatic hydroxyl groups is 4. The van der Waals surface area contributed by atoms with Crippen molar-refractivity contribution in [2.75, 3.05) is 12.8 Å². The van der Waals surface area contributed by atoms with Crippen molar-refractivity contribution >= 4 is 46.0 Å². The van der Waals surface area contributed by atoms with Gasteiger partial charge in [0.25, 0.3) is 7.12 Å². The molecule has 95 heavy (non-hydrogen) atoms. The number of methoxy groups -OCH3 is 1. The number of pyridine rings is 1. The molecule has 15 nitrogen and oxygen atoms in total. The van der Waals surface area contributed by atoms with Crippen molar-refractivity contribution in [2.45, 2.75) is 241 Å². The lowest BCUT2D eigenvalue weighted by molar-refractivity contribution is -0.386. The number of nitro benzene ring substituents is 1. The Labute approximate surface area is 701 Å². The molecule has 1 aromatic heterocycles. The Bertz CT molecular complexity index is 7160. The van der Waals surface area contributed by atoms with E-state index in [4.69, 9.17) is 147 Å². The van der Waals surface area contributed by atoms with E-state index in [1.54, 1.807) is 24.3 Å². The summed E-state index contributed by atoms with van der Waals surface area (Å²) in [5, 5.41) is 56.8. The summed E-state index contributed by atoms with van der Waals surface area (Å²) in [6.45, 7) is -98.7. The number of carbonyl (C=O) groups excluding carboxylic acids is 1. The number of phenolic OH excluding ortho intramolecular Hbond substituents is 4. The predicted molar refractivity (Wildman–Crippen MR) is 396 cm³/mol. The molecule has 0 atom stereocenters. The number of nitrogens with two attached hydrogens (primary N) is 1. The zero-order valence-electron chi connectivity index (χ0n) is 139. The highest BCUT2D eigenvalue weighted by molar-refractivity contribution is 6.23. The first-order valence-electron chi connectivity index (χ1n) is 69.4. The van der Waals surface area contributed by atoms with Crippen LogP contribution in [0, 0.1) is 10.1 Å². The lowest BCUT2D eigenvalue weighted by Crippen LogP contribution is -2.19. The van der Waals surface area contributed by atoms with Crippen molar-refractivity contribution in [3.63, 3.8) is 0 Å². The number of benzene rings is 6. The Hall–Kier alpha value is -8.04. The van der Waals surface area contributed by atoms with E-state index in [9.17, 15) is 39.8 Å². The van der Waals surface area contributed by atoms with Crippen LogP contribution in [-0.2, 0) is 48.1 Å². The van der Waals surface area contributed by atoms with Gasteiger partial charge in [0, 0.05) is 153 Å². The third-order valence-electron chi connectivity index (χ3n) is 9.70. The van der Waals surface area contributed by atoms with Gasteiger partial charge in [0.05, 0.1) is 38.6 Å². The fourth-order valence-corrected chi connectivity index (χ4v) is 5.77. The number of carboxylic acid groups (broad SMARTS) is 1. The molecule has 0 radical (unpaired) electrons. The molecule has 0 amide bonds. The smallest absolute Gasteiger partial charge is 0.508 e. The van der Waals surface area contributed by atoms with Gasteiger partial charge in [-0.3, -0.25) is 14.9 Å². The van der Waals surface area contributed by atoms with E-state index in [0.29, 0.717) is 24.9 Å². The number of hydrogen-bond acceptors (Lipinski definition) is 12. The van der Waals surface area contributed by atoms with Gasteiger partial charge >= 0.3 is 12.1 Å². The van der Waals surface area contributed by atoms with Gasteiger partial charge < -0.3 is 45.7 Å². The van der Waals surface area contributed by atoms with Gasteiger partial charge in [0.2, 0.25) is 5.43 Å². The molecule has 0 bridgehead atoms. The number of nitrogen functional groups attached to an aromatic ring is 1. The number of rotatable bonds is 4. The van der Waals surface area contributed by atoms with Crippen LogP contribution in [0.3, 0.4) is 0 Å². The molecule has 0 aliphatic carbocycles. The third kappa shape index (κ3) is 29.2. The Balaban J connectivity index is 0.00000223. The van der Waals surface area contributed by atoms with Crippen LogP contribution < -0.4 is 15.9 Å². The molecule has 7 rings (SSSR count). The number of nitro groups is 1. The normalized spacial score (nSPS) is 29.1. The second-order valence-electron chi connectivity index (χ2n) is 18.4. The molecule has 0 spiro atoms. The van der Waals surface area contributed by atoms with Crippen LogP contribution in [0.15, 0.2) is 126 Å². The number of carboxylic acids is 1. The van der Waals surface area contributed by atoms with Gasteiger partial charge in [-0.1, -0.05) is 226 Å². The first-order chi connectivity index (χ1) is 80.3. The van der Waals surface area contributed by atoms with Gasteiger partial charge in [-0.05, 0) is 140 Å². The number of H-pyrrole nitrogens is 1. The summed E-state index contributed by atoms with van der Waals surface area (Å²) in [6.07, 6.45) is -0.627. The summed E-state index contributed by atoms with van der Waals surface area (Å²) in [5.74, 6) is -8.85. The van der Waals surface area contributed by atoms with E-state index >= 15 is 0 Å². The Morgan fingerprint density at radius 2 is 1.02 bits per heavy atom. The summed E-state index contributed by atoms with van der Waals surface area (Å²) in [4.78, 5) is 45.0. The van der Waals surface area contributed by atoms with Crippen LogP contribution in [-0.4, -0.2) is 61.0 Å². The fraction of sp³-hybridized carbons (Fsp3) is 0.481. The van der Waals surface area contributed by atoms with Crippen molar-refractivity contribution in [3.8, 4) is 28.7 Å². The van der Waals surface area contributed by atoms with E-state index in [-0.39, 0.29) is 13.0 Å². The molecule has 16 heteroatoms. The molecule has 8 N–H and O–H groups in total. The molecule has 1 heterocycles. The molecule has 0 aliphatic heterocycles. The van der Waals surface area contributed by atoms with Gasteiger partial charge in [0.15, 0.2) is 0 Å². The Kier molecular flexibility index (Phi) is 7.36. The van der Waals surface area contributed by atoms with E-state index in [1.807, 2.05) is 0 Å². The summed E-state index contributed by atoms with van der Waals surface area (Å²) in [6, 6.07) is -12.9. The summed E-state index contributed by atoms with van der Waals surface area (Å²) < 4.78 is 714. The van der Waals surface area contributed by atoms with E-state index in [2.05, 4.69) is 19.6 Å². The summed E-state index contributed by atoms with van der Waals surface area (Å²) in [7, 11) is 0.677. The number of alkyl halides is 1. The molecule has 6 aromatic carbocycles. The minimum absolute atomic E-state index is 0. The van der Waals surface area contributed by atoms with Crippen LogP contribution in [0.4, 0.5) is 16.2 Å². The number of anilines is 1. The van der Waals surface area contributed by atoms with E-state index in [0.717, 1.165) is 6.92 Å². The zero-order chi connectivity index (χ0) is 150. The lowest BCUT2D eigenvalue weighted by atomic mass is 9.79. The van der Waals surface area contributed by atoms with Crippen LogP contribution >= 0.6 is 11.6 Å². The van der Waals surface area contributed by atoms with Gasteiger partial charge in [-0.25, -0.2) is 9.59 Å². The minimum Gasteiger partial charge on any atom is -0.508 e. The first-order valence-corrected chi connectivity index (χ1v) is 24.3. The third-order valence-corrected chi connectivity index (χ3v) is 9.70. The van der Waals surface area contributed by atoms with Gasteiger partial charge in [-0.2, -0.15) is 0 Å². The number of carbonyl (C=O) groups is 2. The number of fused-ring (bicyclic) bond motifs is 1. The average molecular weight is 1430 g/mol. The number of aromatic carboxylic acids is 1. The van der Waals surface area contributed by atoms with Crippen molar-refractivity contribution < 1.29 is 173 Å². The van der Waals surface area contributed by atoms with Gasteiger partial charge in [0.1, 0.15) is 34.3 Å². The van der Waals surface area contributed by atoms with Crippen molar-refractivity contribution in [2.24, 2.45) is 0 Å². The number of ether oxygens (including phenoxy) is 2. The SMILES string of the molecule is C.O=C(O)c1c[nH]c2ccccc2c1=O.[2H]C([2H])([2H])C(C)(Cl)C([2H])([2H])[2H].[2H]Oc1c([2H])c([2H])c([2H])c([2H])c1[2H].[2H]c1c(N)c(C(C([2H])([2H])[2H])(C([2H])([2H])[2H])C([2H])([2H])[2H])c([2H])c(C(C([2H])([2H])[2H])(C([2H])([2H])[2H])C([2H])([2H])[2H])c1O.[2H]c1c(O)c(C(C([2H])([2H])[2H])(C([2H])([2H])[2H])C([2H])([2H])[2H])c([2H])c(C(C([2H])([2H])[2H])(C([2H])([2H])[2H])C([2H])([2H])[2H])c1[N+](=O)[O-].[2H]c1c([2H])c(C(C([2H])([2H])[2H])(C([2H])([2H])[2H])C([2H])([2H])[2H])c([2H])c(C(C([2H])([2H])[2H])(C([2H])([2H])[2H])C([2H])([2H])[2H])c1OC(=O)OC.[2H]c1c([2H])c(C(C)(C([2H])([2H])[2H])C([2H])([2H])[2H])c([2H])c(C(C([2H])([2H])[2H])(C([2H])([2H])[2H])C([2H])([2H])[2H])c1O. The number of para-hydroxylation sites is 2. The molecular formula is C79H116ClN3O12. The Morgan fingerprint density at radius 3 is 1.49 bits per heavy atom. The minimum atomic E-state index is -4.48. The highest BCUT2D eigenvalue weighted by atomic mass is 35.5. The van der Waals surface area contributed by atoms with Crippen molar-refractivity contribution in [3.05, 3.63) is 192 Å². The molecule has 0 aliphatic rings. The topological polar surface area (TPSA) is 256 Å². The predicted octanol–water partition coefficient (Wildman–Crippen LogP) is 21.2. The average Bonchev–Trinajstić information content (AvgIpc) is 0.686. The number of aromatic amines is 1. The number of halogens is 1. The quantitative estimate of drug-likeness (QED) is 0.0216. The number of aromatic nitrogens is 1. The Morgan fingerprint density at radius 1 is 0.579 bits per heavy atom. The maximum atomic E-state index is 12.0. The standard InChI is InChI=1S/C16H24O3.C14H21NO3.C14H23NO.C14H22O.C10H7NO3.C6H6O.C4H9Cl.CH4/c1-15(2,3)11-8-9-13(19-14(17)18-7)12(10-11)16(4,5)6;1-13(2,3)9-7-10(14(4,5)6)12(16)8-11(9)15(17)18;1-13(2,3)9-7-10(14(4,5)6)12(16)8-11(9)15;1-13(2,3)10-7-8-12(15)11(9-10)14(4,5)6;12-9-6-3-1-2-4-8(6)11-5-7(9)10(13)14;7-6-4-2-1-3-5-6;1-4(2,3)5;/h8-10H,1-7H3;7-8,16H,1-6H3;7-8,16H,15H2,1-6H3;7-9,15H,1-6H3;1-5H,(H,11,12)(H,13,14);1-5,7H;1-3H3;1H4/i1D3,2D3,3D3,4D3,5D3,6D3,8D,9D,10D;2*1D3,2D3,3D3,4D3,5D3,6D3,7D,8D;1D3,2D3,4D3,5D3,6D3,7D,8D,9D;;1D,2D,3D,4D,5D;1D3,2D3;/hD. The molecular weight excluding hydrogens is 1220 g/mol. The van der Waals surface area contributed by atoms with Crippen LogP contribution in [0.2, 0.25) is 0 Å². The number of phenols is 4. The van der Waals surface area contributed by atoms with E-state index in [1.165, 1.54) is 6.20 Å². The lowest BCUT2D eigenvalue weighted by Gasteiger charge is -2.27. The van der Waals surface area contributed by atoms with Gasteiger partial charge in [-0.15, -0.1) is 11.6 Å². The second kappa shape index (κ2) is 34.1. The van der Waals surface area contributed by atoms with Crippen molar-refractivity contribution in [1.29, 1.82) is 1.43 Å². The zero-order valence-corrected chi connectivity index (χ0v) is 48.6. The number of nitrogens with zero attached hydrogens (tertiary/aromatic N) is 1. The second-order valence-corrected chi connectivity index (χ2v) is 19.2. The maximum absolute atomic E-state index is 12.0. The number of nitrogens with one attached hydrogen (secondary N) is 1. The monoisotopic (exact) mass is 1430 g/mol. The van der Waals surface area contributed by atoms with Crippen LogP contribution in [0.25, 0.3) is 10.9 Å². The molecule has 0 fully saturated rings. The van der Waals surface area contributed by atoms with Crippen molar-refractivity contribution in [1.82, 2.24) is 4.98 Å². The molecule has 526 valence electrons. The van der Waals surface area contributed by atoms with E-state index < -0.39 is 417 Å².